The van der Waals surface area contributed by atoms with E-state index in [0.29, 0.717) is 28.7 Å². The van der Waals surface area contributed by atoms with Crippen molar-refractivity contribution in [3.8, 4) is 0 Å². The molecule has 0 atom stereocenters. The maximum Gasteiger partial charge on any atom is 0.253 e. The number of halogens is 1. The first-order valence-electron chi connectivity index (χ1n) is 9.24. The average molecular weight is 377 g/mol. The number of rotatable bonds is 5. The van der Waals surface area contributed by atoms with Crippen molar-refractivity contribution in [2.45, 2.75) is 26.3 Å². The Bertz CT molecular complexity index is 1080. The summed E-state index contributed by atoms with van der Waals surface area (Å²) in [5.41, 5.74) is 3.14. The van der Waals surface area contributed by atoms with E-state index < -0.39 is 0 Å². The van der Waals surface area contributed by atoms with Gasteiger partial charge in [0.2, 0.25) is 5.91 Å². The summed E-state index contributed by atoms with van der Waals surface area (Å²) in [7, 11) is 0. The first-order valence-corrected chi connectivity index (χ1v) is 9.24. The summed E-state index contributed by atoms with van der Waals surface area (Å²) in [6.07, 6.45) is 1.90. The monoisotopic (exact) mass is 377 g/mol. The van der Waals surface area contributed by atoms with E-state index in [2.05, 4.69) is 15.6 Å². The topological polar surface area (TPSA) is 71.1 Å². The molecular weight excluding hydrogens is 357 g/mol. The lowest BCUT2D eigenvalue weighted by atomic mass is 10.1. The van der Waals surface area contributed by atoms with Crippen LogP contribution < -0.4 is 10.6 Å². The van der Waals surface area contributed by atoms with E-state index in [1.54, 1.807) is 19.1 Å². The van der Waals surface area contributed by atoms with E-state index in [0.717, 1.165) is 24.1 Å². The lowest BCUT2D eigenvalue weighted by Crippen LogP contribution is -2.24. The number of hydrogen-bond acceptors (Lipinski definition) is 3. The fourth-order valence-corrected chi connectivity index (χ4v) is 3.09. The minimum atomic E-state index is -0.356. The normalized spacial score (nSPS) is 13.4. The zero-order valence-electron chi connectivity index (χ0n) is 15.5. The van der Waals surface area contributed by atoms with Crippen LogP contribution in [0, 0.1) is 18.7 Å². The number of aryl methyl sites for hydroxylation is 1. The minimum Gasteiger partial charge on any atom is -0.348 e. The van der Waals surface area contributed by atoms with E-state index in [4.69, 9.17) is 0 Å². The van der Waals surface area contributed by atoms with E-state index in [-0.39, 0.29) is 23.5 Å². The van der Waals surface area contributed by atoms with Crippen molar-refractivity contribution >= 4 is 28.4 Å². The number of nitrogens with one attached hydrogen (secondary N) is 2. The van der Waals surface area contributed by atoms with Crippen LogP contribution in [0.5, 0.6) is 0 Å². The largest absolute Gasteiger partial charge is 0.348 e. The van der Waals surface area contributed by atoms with E-state index >= 15 is 0 Å². The predicted molar refractivity (Wildman–Crippen MR) is 105 cm³/mol. The Balaban J connectivity index is 1.45. The van der Waals surface area contributed by atoms with Gasteiger partial charge in [0.1, 0.15) is 5.82 Å². The summed E-state index contributed by atoms with van der Waals surface area (Å²) in [5, 5.41) is 6.50. The standard InChI is InChI=1S/C22H20FN3O2/c1-13-19(10-16-7-8-17(23)11-20(16)25-13)22(28)24-12-14-3-2-4-18(9-14)26-21(27)15-5-6-15/h2-4,7-11,15H,5-6,12H2,1H3,(H,24,28)(H,26,27). The van der Waals surface area contributed by atoms with Crippen molar-refractivity contribution in [3.63, 3.8) is 0 Å². The molecule has 1 fully saturated rings. The van der Waals surface area contributed by atoms with Crippen LogP contribution in [0.2, 0.25) is 0 Å². The molecule has 142 valence electrons. The van der Waals surface area contributed by atoms with Gasteiger partial charge >= 0.3 is 0 Å². The molecule has 1 heterocycles. The van der Waals surface area contributed by atoms with Crippen LogP contribution in [0.4, 0.5) is 10.1 Å². The van der Waals surface area contributed by atoms with Crippen molar-refractivity contribution in [2.75, 3.05) is 5.32 Å². The van der Waals surface area contributed by atoms with Crippen LogP contribution in [-0.4, -0.2) is 16.8 Å². The number of carbonyl (C=O) groups is 2. The first-order chi connectivity index (χ1) is 13.5. The summed E-state index contributed by atoms with van der Waals surface area (Å²) in [5.74, 6) is -0.412. The van der Waals surface area contributed by atoms with Crippen molar-refractivity contribution in [2.24, 2.45) is 5.92 Å². The Hall–Kier alpha value is -3.28. The zero-order chi connectivity index (χ0) is 19.7. The highest BCUT2D eigenvalue weighted by Gasteiger charge is 2.29. The van der Waals surface area contributed by atoms with Crippen molar-refractivity contribution in [1.29, 1.82) is 0 Å². The molecule has 0 radical (unpaired) electrons. The third-order valence-corrected chi connectivity index (χ3v) is 4.81. The highest BCUT2D eigenvalue weighted by atomic mass is 19.1. The highest BCUT2D eigenvalue weighted by Crippen LogP contribution is 2.30. The molecule has 0 spiro atoms. The molecule has 0 saturated heterocycles. The molecule has 1 saturated carbocycles. The smallest absolute Gasteiger partial charge is 0.253 e. The molecule has 2 amide bonds. The summed E-state index contributed by atoms with van der Waals surface area (Å²) < 4.78 is 13.3. The quantitative estimate of drug-likeness (QED) is 0.707. The number of pyridine rings is 1. The number of fused-ring (bicyclic) bond motifs is 1. The van der Waals surface area contributed by atoms with Gasteiger partial charge in [0.05, 0.1) is 16.8 Å². The van der Waals surface area contributed by atoms with Gasteiger partial charge in [0, 0.05) is 29.6 Å². The lowest BCUT2D eigenvalue weighted by molar-refractivity contribution is -0.117. The van der Waals surface area contributed by atoms with Crippen LogP contribution in [0.25, 0.3) is 10.9 Å². The van der Waals surface area contributed by atoms with E-state index in [1.165, 1.54) is 12.1 Å². The number of amides is 2. The van der Waals surface area contributed by atoms with E-state index in [1.807, 2.05) is 24.3 Å². The molecule has 0 unspecified atom stereocenters. The van der Waals surface area contributed by atoms with Crippen molar-refractivity contribution in [1.82, 2.24) is 10.3 Å². The van der Waals surface area contributed by atoms with Gasteiger partial charge in [-0.1, -0.05) is 12.1 Å². The fraction of sp³-hybridized carbons (Fsp3) is 0.227. The summed E-state index contributed by atoms with van der Waals surface area (Å²) in [6, 6.07) is 13.5. The van der Waals surface area contributed by atoms with Crippen LogP contribution in [0.15, 0.2) is 48.5 Å². The van der Waals surface area contributed by atoms with Gasteiger partial charge in [-0.3, -0.25) is 14.6 Å². The molecule has 2 N–H and O–H groups in total. The molecule has 28 heavy (non-hydrogen) atoms. The Kier molecular flexibility index (Phi) is 4.77. The second-order valence-corrected chi connectivity index (χ2v) is 7.10. The third-order valence-electron chi connectivity index (χ3n) is 4.81. The van der Waals surface area contributed by atoms with Gasteiger partial charge in [-0.05, 0) is 55.7 Å². The molecule has 0 bridgehead atoms. The molecule has 2 aromatic carbocycles. The Morgan fingerprint density at radius 3 is 2.75 bits per heavy atom. The van der Waals surface area contributed by atoms with Gasteiger partial charge < -0.3 is 10.6 Å². The molecule has 1 aliphatic rings. The number of benzene rings is 2. The van der Waals surface area contributed by atoms with Crippen LogP contribution in [0.1, 0.15) is 34.5 Å². The van der Waals surface area contributed by atoms with Gasteiger partial charge in [0.15, 0.2) is 0 Å². The van der Waals surface area contributed by atoms with Gasteiger partial charge in [-0.15, -0.1) is 0 Å². The zero-order valence-corrected chi connectivity index (χ0v) is 15.5. The Morgan fingerprint density at radius 2 is 1.96 bits per heavy atom. The summed E-state index contributed by atoms with van der Waals surface area (Å²) in [4.78, 5) is 28.8. The van der Waals surface area contributed by atoms with Crippen LogP contribution >= 0.6 is 0 Å². The molecule has 3 aromatic rings. The van der Waals surface area contributed by atoms with Crippen LogP contribution in [-0.2, 0) is 11.3 Å². The molecule has 0 aliphatic heterocycles. The summed E-state index contributed by atoms with van der Waals surface area (Å²) in [6.45, 7) is 2.06. The molecule has 1 aromatic heterocycles. The number of aromatic nitrogens is 1. The second kappa shape index (κ2) is 7.38. The third kappa shape index (κ3) is 4.01. The maximum atomic E-state index is 13.3. The van der Waals surface area contributed by atoms with Gasteiger partial charge in [0.25, 0.3) is 5.91 Å². The number of hydrogen-bond donors (Lipinski definition) is 2. The Labute approximate surface area is 162 Å². The highest BCUT2D eigenvalue weighted by molar-refractivity contribution is 5.98. The summed E-state index contributed by atoms with van der Waals surface area (Å²) >= 11 is 0. The number of nitrogens with zero attached hydrogens (tertiary/aromatic N) is 1. The SMILES string of the molecule is Cc1nc2cc(F)ccc2cc1C(=O)NCc1cccc(NC(=O)C2CC2)c1. The van der Waals surface area contributed by atoms with Gasteiger partial charge in [-0.2, -0.15) is 0 Å². The lowest BCUT2D eigenvalue weighted by Gasteiger charge is -2.10. The average Bonchev–Trinajstić information content (AvgIpc) is 3.51. The minimum absolute atomic E-state index is 0.0514. The first kappa shape index (κ1) is 18.1. The second-order valence-electron chi connectivity index (χ2n) is 7.10. The number of carbonyl (C=O) groups excluding carboxylic acids is 2. The molecule has 5 nitrogen and oxygen atoms in total. The Morgan fingerprint density at radius 1 is 1.14 bits per heavy atom. The molecule has 1 aliphatic carbocycles. The predicted octanol–water partition coefficient (Wildman–Crippen LogP) is 3.96. The van der Waals surface area contributed by atoms with E-state index in [9.17, 15) is 14.0 Å². The fourth-order valence-electron chi connectivity index (χ4n) is 3.09. The molecular formula is C22H20FN3O2. The van der Waals surface area contributed by atoms with Crippen molar-refractivity contribution < 1.29 is 14.0 Å². The molecule has 4 rings (SSSR count). The number of anilines is 1. The van der Waals surface area contributed by atoms with Crippen LogP contribution in [0.3, 0.4) is 0 Å². The van der Waals surface area contributed by atoms with Gasteiger partial charge in [-0.25, -0.2) is 4.39 Å². The molecule has 6 heteroatoms. The maximum absolute atomic E-state index is 13.3. The van der Waals surface area contributed by atoms with Crippen molar-refractivity contribution in [3.05, 3.63) is 71.2 Å².